The number of carbonyl (C=O) groups excluding carboxylic acids is 1. The number of piperidine rings is 1. The van der Waals surface area contributed by atoms with Gasteiger partial charge in [-0.15, -0.1) is 5.10 Å². The van der Waals surface area contributed by atoms with Crippen LogP contribution in [0.25, 0.3) is 0 Å². The molecule has 0 saturated carbocycles. The summed E-state index contributed by atoms with van der Waals surface area (Å²) in [7, 11) is 0. The lowest BCUT2D eigenvalue weighted by molar-refractivity contribution is 0.0636. The van der Waals surface area contributed by atoms with Gasteiger partial charge in [-0.2, -0.15) is 0 Å². The number of aromatic nitrogens is 3. The Bertz CT molecular complexity index is 465. The summed E-state index contributed by atoms with van der Waals surface area (Å²) in [4.78, 5) is 14.8. The molecule has 124 valence electrons. The number of carbonyl (C=O) groups is 1. The normalized spacial score (nSPS) is 16.2. The summed E-state index contributed by atoms with van der Waals surface area (Å²) < 4.78 is 1.79. The summed E-state index contributed by atoms with van der Waals surface area (Å²) in [6.45, 7) is 10.1. The highest BCUT2D eigenvalue weighted by Gasteiger charge is 2.27. The maximum absolute atomic E-state index is 12.8. The predicted molar refractivity (Wildman–Crippen MR) is 86.7 cm³/mol. The highest BCUT2D eigenvalue weighted by atomic mass is 16.2. The van der Waals surface area contributed by atoms with Crippen molar-refractivity contribution in [1.29, 1.82) is 0 Å². The second-order valence-corrected chi connectivity index (χ2v) is 6.53. The molecule has 0 unspecified atom stereocenters. The van der Waals surface area contributed by atoms with Crippen LogP contribution in [-0.4, -0.2) is 51.5 Å². The SMILES string of the molecule is CCCN(C(=O)c1cn(CCC(C)C)nn1)C1CCNCC1. The van der Waals surface area contributed by atoms with E-state index in [0.717, 1.165) is 51.9 Å². The Morgan fingerprint density at radius 1 is 1.45 bits per heavy atom. The number of nitrogens with one attached hydrogen (secondary N) is 1. The van der Waals surface area contributed by atoms with Crippen molar-refractivity contribution in [3.05, 3.63) is 11.9 Å². The van der Waals surface area contributed by atoms with Gasteiger partial charge in [0, 0.05) is 19.1 Å². The van der Waals surface area contributed by atoms with Crippen LogP contribution in [0.5, 0.6) is 0 Å². The van der Waals surface area contributed by atoms with E-state index < -0.39 is 0 Å². The van der Waals surface area contributed by atoms with Gasteiger partial charge >= 0.3 is 0 Å². The van der Waals surface area contributed by atoms with E-state index in [9.17, 15) is 4.79 Å². The van der Waals surface area contributed by atoms with Crippen molar-refractivity contribution in [3.8, 4) is 0 Å². The molecule has 1 saturated heterocycles. The fourth-order valence-corrected chi connectivity index (χ4v) is 2.85. The second kappa shape index (κ2) is 8.27. The molecule has 6 heteroatoms. The van der Waals surface area contributed by atoms with E-state index >= 15 is 0 Å². The number of aryl methyl sites for hydroxylation is 1. The van der Waals surface area contributed by atoms with Crippen molar-refractivity contribution < 1.29 is 4.79 Å². The quantitative estimate of drug-likeness (QED) is 0.836. The molecule has 1 aromatic heterocycles. The highest BCUT2D eigenvalue weighted by Crippen LogP contribution is 2.15. The van der Waals surface area contributed by atoms with Crippen molar-refractivity contribution in [3.63, 3.8) is 0 Å². The summed E-state index contributed by atoms with van der Waals surface area (Å²) in [5, 5.41) is 11.6. The number of amides is 1. The first-order valence-corrected chi connectivity index (χ1v) is 8.53. The highest BCUT2D eigenvalue weighted by molar-refractivity contribution is 5.92. The zero-order chi connectivity index (χ0) is 15.9. The minimum absolute atomic E-state index is 0.0320. The molecule has 22 heavy (non-hydrogen) atoms. The van der Waals surface area contributed by atoms with Crippen molar-refractivity contribution in [2.75, 3.05) is 19.6 Å². The first kappa shape index (κ1) is 16.9. The average molecular weight is 307 g/mol. The second-order valence-electron chi connectivity index (χ2n) is 6.53. The van der Waals surface area contributed by atoms with Gasteiger partial charge < -0.3 is 10.2 Å². The topological polar surface area (TPSA) is 63.1 Å². The van der Waals surface area contributed by atoms with Crippen LogP contribution in [0.4, 0.5) is 0 Å². The Hall–Kier alpha value is -1.43. The van der Waals surface area contributed by atoms with Gasteiger partial charge in [-0.3, -0.25) is 9.48 Å². The summed E-state index contributed by atoms with van der Waals surface area (Å²) >= 11 is 0. The van der Waals surface area contributed by atoms with E-state index in [4.69, 9.17) is 0 Å². The Balaban J connectivity index is 2.02. The molecule has 0 atom stereocenters. The minimum atomic E-state index is 0.0320. The molecule has 0 aromatic carbocycles. The van der Waals surface area contributed by atoms with Crippen LogP contribution in [-0.2, 0) is 6.54 Å². The Kier molecular flexibility index (Phi) is 6.36. The molecule has 6 nitrogen and oxygen atoms in total. The molecule has 0 radical (unpaired) electrons. The molecule has 0 bridgehead atoms. The fraction of sp³-hybridized carbons (Fsp3) is 0.812. The van der Waals surface area contributed by atoms with Crippen molar-refractivity contribution >= 4 is 5.91 Å². The molecule has 2 rings (SSSR count). The van der Waals surface area contributed by atoms with Gasteiger partial charge in [0.2, 0.25) is 0 Å². The molecule has 1 aliphatic rings. The van der Waals surface area contributed by atoms with Gasteiger partial charge in [0.15, 0.2) is 5.69 Å². The maximum atomic E-state index is 12.8. The van der Waals surface area contributed by atoms with E-state index in [1.807, 2.05) is 4.90 Å². The Morgan fingerprint density at radius 3 is 2.82 bits per heavy atom. The van der Waals surface area contributed by atoms with Crippen LogP contribution in [0.1, 0.15) is 56.9 Å². The summed E-state index contributed by atoms with van der Waals surface area (Å²) in [6.07, 6.45) is 5.86. The lowest BCUT2D eigenvalue weighted by Gasteiger charge is -2.34. The largest absolute Gasteiger partial charge is 0.334 e. The van der Waals surface area contributed by atoms with E-state index in [0.29, 0.717) is 17.7 Å². The molecule has 1 aliphatic heterocycles. The molecule has 1 fully saturated rings. The van der Waals surface area contributed by atoms with Crippen molar-refractivity contribution in [1.82, 2.24) is 25.2 Å². The molecule has 1 N–H and O–H groups in total. The minimum Gasteiger partial charge on any atom is -0.334 e. The van der Waals surface area contributed by atoms with Gasteiger partial charge in [-0.25, -0.2) is 0 Å². The monoisotopic (exact) mass is 307 g/mol. The maximum Gasteiger partial charge on any atom is 0.276 e. The smallest absolute Gasteiger partial charge is 0.276 e. The third kappa shape index (κ3) is 4.53. The Morgan fingerprint density at radius 2 is 2.18 bits per heavy atom. The van der Waals surface area contributed by atoms with Gasteiger partial charge in [0.1, 0.15) is 0 Å². The van der Waals surface area contributed by atoms with Crippen LogP contribution in [0, 0.1) is 5.92 Å². The van der Waals surface area contributed by atoms with E-state index in [2.05, 4.69) is 36.4 Å². The van der Waals surface area contributed by atoms with Gasteiger partial charge in [-0.1, -0.05) is 26.0 Å². The van der Waals surface area contributed by atoms with Gasteiger partial charge in [-0.05, 0) is 44.7 Å². The molecular formula is C16H29N5O. The van der Waals surface area contributed by atoms with Gasteiger partial charge in [0.05, 0.1) is 6.20 Å². The number of hydrogen-bond donors (Lipinski definition) is 1. The lowest BCUT2D eigenvalue weighted by atomic mass is 10.0. The van der Waals surface area contributed by atoms with Crippen LogP contribution < -0.4 is 5.32 Å². The summed E-state index contributed by atoms with van der Waals surface area (Å²) in [6, 6.07) is 0.328. The molecule has 1 amide bonds. The van der Waals surface area contributed by atoms with Crippen molar-refractivity contribution in [2.24, 2.45) is 5.92 Å². The molecule has 2 heterocycles. The first-order valence-electron chi connectivity index (χ1n) is 8.53. The summed E-state index contributed by atoms with van der Waals surface area (Å²) in [5.74, 6) is 0.652. The standard InChI is InChI=1S/C16H29N5O/c1-4-10-21(14-5-8-17-9-6-14)16(22)15-12-20(19-18-15)11-7-13(2)3/h12-14,17H,4-11H2,1-3H3. The zero-order valence-corrected chi connectivity index (χ0v) is 14.1. The average Bonchev–Trinajstić information content (AvgIpc) is 3.00. The third-order valence-corrected chi connectivity index (χ3v) is 4.17. The predicted octanol–water partition coefficient (Wildman–Crippen LogP) is 1.93. The number of hydrogen-bond acceptors (Lipinski definition) is 4. The Labute approximate surface area is 133 Å². The zero-order valence-electron chi connectivity index (χ0n) is 14.1. The van der Waals surface area contributed by atoms with E-state index in [-0.39, 0.29) is 5.91 Å². The van der Waals surface area contributed by atoms with Crippen LogP contribution in [0.2, 0.25) is 0 Å². The molecular weight excluding hydrogens is 278 g/mol. The van der Waals surface area contributed by atoms with Crippen LogP contribution >= 0.6 is 0 Å². The molecule has 1 aromatic rings. The van der Waals surface area contributed by atoms with E-state index in [1.54, 1.807) is 10.9 Å². The van der Waals surface area contributed by atoms with Crippen molar-refractivity contribution in [2.45, 2.75) is 59.0 Å². The van der Waals surface area contributed by atoms with E-state index in [1.165, 1.54) is 0 Å². The first-order chi connectivity index (χ1) is 10.6. The number of nitrogens with zero attached hydrogens (tertiary/aromatic N) is 4. The summed E-state index contributed by atoms with van der Waals surface area (Å²) in [5.41, 5.74) is 0.482. The lowest BCUT2D eigenvalue weighted by Crippen LogP contribution is -2.46. The molecule has 0 aliphatic carbocycles. The molecule has 0 spiro atoms. The van der Waals surface area contributed by atoms with Gasteiger partial charge in [0.25, 0.3) is 5.91 Å². The third-order valence-electron chi connectivity index (χ3n) is 4.17. The van der Waals surface area contributed by atoms with Crippen LogP contribution in [0.15, 0.2) is 6.20 Å². The fourth-order valence-electron chi connectivity index (χ4n) is 2.85. The van der Waals surface area contributed by atoms with Crippen LogP contribution in [0.3, 0.4) is 0 Å². The number of rotatable bonds is 7.